The number of hydrogen-bond donors (Lipinski definition) is 0. The van der Waals surface area contributed by atoms with Crippen LogP contribution in [0.2, 0.25) is 0 Å². The minimum atomic E-state index is -0.388. The van der Waals surface area contributed by atoms with E-state index >= 15 is 0 Å². The van der Waals surface area contributed by atoms with Crippen molar-refractivity contribution in [2.24, 2.45) is 0 Å². The zero-order valence-electron chi connectivity index (χ0n) is 10.4. The first-order chi connectivity index (χ1) is 8.56. The van der Waals surface area contributed by atoms with Gasteiger partial charge in [-0.1, -0.05) is 6.07 Å². The smallest absolute Gasteiger partial charge is 0.324 e. The second-order valence-electron chi connectivity index (χ2n) is 3.92. The van der Waals surface area contributed by atoms with E-state index in [1.54, 1.807) is 18.2 Å². The molecule has 18 heavy (non-hydrogen) atoms. The van der Waals surface area contributed by atoms with Gasteiger partial charge in [0.25, 0.3) is 0 Å². The molecule has 4 nitrogen and oxygen atoms in total. The highest BCUT2D eigenvalue weighted by Crippen LogP contribution is 2.37. The lowest BCUT2D eigenvalue weighted by molar-refractivity contribution is -0.388. The number of nitro benzene ring substituents is 1. The van der Waals surface area contributed by atoms with Crippen molar-refractivity contribution in [3.05, 3.63) is 28.3 Å². The molecule has 100 valence electrons. The van der Waals surface area contributed by atoms with Crippen molar-refractivity contribution in [2.45, 2.75) is 31.3 Å². The average Bonchev–Trinajstić information content (AvgIpc) is 2.28. The van der Waals surface area contributed by atoms with Gasteiger partial charge < -0.3 is 4.74 Å². The van der Waals surface area contributed by atoms with Crippen LogP contribution in [0.25, 0.3) is 0 Å². The van der Waals surface area contributed by atoms with E-state index in [1.165, 1.54) is 11.8 Å². The summed E-state index contributed by atoms with van der Waals surface area (Å²) in [5, 5.41) is 11.1. The van der Waals surface area contributed by atoms with Gasteiger partial charge in [0, 0.05) is 5.88 Å². The average molecular weight is 290 g/mol. The Morgan fingerprint density at radius 3 is 2.78 bits per heavy atom. The van der Waals surface area contributed by atoms with Gasteiger partial charge in [0.2, 0.25) is 0 Å². The van der Waals surface area contributed by atoms with Gasteiger partial charge in [-0.15, -0.1) is 23.4 Å². The summed E-state index contributed by atoms with van der Waals surface area (Å²) < 4.78 is 5.47. The molecule has 6 heteroatoms. The summed E-state index contributed by atoms with van der Waals surface area (Å²) in [6.45, 7) is 3.69. The summed E-state index contributed by atoms with van der Waals surface area (Å²) in [6, 6.07) is 5.14. The molecule has 0 radical (unpaired) electrons. The molecule has 0 fully saturated rings. The van der Waals surface area contributed by atoms with E-state index in [1.807, 2.05) is 13.8 Å². The van der Waals surface area contributed by atoms with Crippen molar-refractivity contribution in [3.8, 4) is 5.75 Å². The number of alkyl halides is 1. The van der Waals surface area contributed by atoms with E-state index in [2.05, 4.69) is 0 Å². The van der Waals surface area contributed by atoms with E-state index in [-0.39, 0.29) is 16.7 Å². The SMILES string of the molecule is CC(C)Oc1cccc(SCCCCl)c1[N+](=O)[O-]. The number of halogens is 1. The van der Waals surface area contributed by atoms with Crippen molar-refractivity contribution in [1.29, 1.82) is 0 Å². The number of ether oxygens (including phenoxy) is 1. The van der Waals surface area contributed by atoms with Gasteiger partial charge in [-0.05, 0) is 38.2 Å². The zero-order chi connectivity index (χ0) is 13.5. The molecule has 0 unspecified atom stereocenters. The Morgan fingerprint density at radius 1 is 1.50 bits per heavy atom. The van der Waals surface area contributed by atoms with Crippen LogP contribution in [0.1, 0.15) is 20.3 Å². The summed E-state index contributed by atoms with van der Waals surface area (Å²) in [7, 11) is 0. The van der Waals surface area contributed by atoms with Crippen LogP contribution in [0.4, 0.5) is 5.69 Å². The molecule has 0 bridgehead atoms. The van der Waals surface area contributed by atoms with Crippen LogP contribution < -0.4 is 4.74 Å². The predicted octanol–water partition coefficient (Wildman–Crippen LogP) is 4.10. The number of hydrogen-bond acceptors (Lipinski definition) is 4. The third kappa shape index (κ3) is 4.38. The normalized spacial score (nSPS) is 10.7. The Bertz CT molecular complexity index is 412. The first-order valence-corrected chi connectivity index (χ1v) is 7.21. The van der Waals surface area contributed by atoms with Crippen LogP contribution in [0.3, 0.4) is 0 Å². The van der Waals surface area contributed by atoms with Crippen molar-refractivity contribution in [1.82, 2.24) is 0 Å². The molecule has 0 amide bonds. The number of nitrogens with zero attached hydrogens (tertiary/aromatic N) is 1. The molecule has 0 atom stereocenters. The fourth-order valence-electron chi connectivity index (χ4n) is 1.38. The molecule has 0 spiro atoms. The van der Waals surface area contributed by atoms with Gasteiger partial charge in [0.15, 0.2) is 5.75 Å². The number of benzene rings is 1. The molecule has 0 saturated carbocycles. The quantitative estimate of drug-likeness (QED) is 0.249. The predicted molar refractivity (Wildman–Crippen MR) is 74.9 cm³/mol. The van der Waals surface area contributed by atoms with Crippen LogP contribution in [0, 0.1) is 10.1 Å². The molecule has 0 aliphatic carbocycles. The molecular formula is C12H16ClNO3S. The zero-order valence-corrected chi connectivity index (χ0v) is 12.0. The summed E-state index contributed by atoms with van der Waals surface area (Å²) in [6.07, 6.45) is 0.727. The van der Waals surface area contributed by atoms with E-state index in [4.69, 9.17) is 16.3 Å². The van der Waals surface area contributed by atoms with Gasteiger partial charge in [0.1, 0.15) is 0 Å². The number of para-hydroxylation sites is 1. The Hall–Kier alpha value is -0.940. The number of thioether (sulfide) groups is 1. The van der Waals surface area contributed by atoms with Crippen LogP contribution in [0.15, 0.2) is 23.1 Å². The second kappa shape index (κ2) is 7.48. The van der Waals surface area contributed by atoms with E-state index in [0.717, 1.165) is 12.2 Å². The lowest BCUT2D eigenvalue weighted by atomic mass is 10.3. The van der Waals surface area contributed by atoms with Crippen LogP contribution >= 0.6 is 23.4 Å². The summed E-state index contributed by atoms with van der Waals surface area (Å²) >= 11 is 7.03. The summed E-state index contributed by atoms with van der Waals surface area (Å²) in [5.41, 5.74) is 0.0470. The molecule has 0 saturated heterocycles. The topological polar surface area (TPSA) is 52.4 Å². The Balaban J connectivity index is 2.98. The molecular weight excluding hydrogens is 274 g/mol. The fourth-order valence-corrected chi connectivity index (χ4v) is 2.67. The van der Waals surface area contributed by atoms with E-state index < -0.39 is 0 Å². The molecule has 0 aromatic heterocycles. The maximum atomic E-state index is 11.1. The van der Waals surface area contributed by atoms with E-state index in [9.17, 15) is 10.1 Å². The molecule has 1 rings (SSSR count). The Morgan fingerprint density at radius 2 is 2.22 bits per heavy atom. The number of nitro groups is 1. The largest absolute Gasteiger partial charge is 0.484 e. The fraction of sp³-hybridized carbons (Fsp3) is 0.500. The second-order valence-corrected chi connectivity index (χ2v) is 5.43. The maximum absolute atomic E-state index is 11.1. The molecule has 1 aromatic carbocycles. The highest BCUT2D eigenvalue weighted by Gasteiger charge is 2.21. The first kappa shape index (κ1) is 15.1. The highest BCUT2D eigenvalue weighted by molar-refractivity contribution is 7.99. The third-order valence-electron chi connectivity index (χ3n) is 2.04. The minimum absolute atomic E-state index is 0.0470. The highest BCUT2D eigenvalue weighted by atomic mass is 35.5. The molecule has 0 N–H and O–H groups in total. The van der Waals surface area contributed by atoms with Crippen LogP contribution in [0.5, 0.6) is 5.75 Å². The summed E-state index contributed by atoms with van der Waals surface area (Å²) in [5.74, 6) is 1.64. The first-order valence-electron chi connectivity index (χ1n) is 5.69. The lowest BCUT2D eigenvalue weighted by Crippen LogP contribution is -2.07. The third-order valence-corrected chi connectivity index (χ3v) is 3.44. The van der Waals surface area contributed by atoms with Gasteiger partial charge >= 0.3 is 5.69 Å². The van der Waals surface area contributed by atoms with Gasteiger partial charge in [-0.2, -0.15) is 0 Å². The van der Waals surface area contributed by atoms with Gasteiger partial charge in [-0.3, -0.25) is 10.1 Å². The van der Waals surface area contributed by atoms with Crippen molar-refractivity contribution < 1.29 is 9.66 Å². The number of rotatable bonds is 7. The standard InChI is InChI=1S/C12H16ClNO3S/c1-9(2)17-10-5-3-6-11(12(10)14(15)16)18-8-4-7-13/h3,5-6,9H,4,7-8H2,1-2H3. The Labute approximate surface area is 116 Å². The minimum Gasteiger partial charge on any atom is -0.484 e. The Kier molecular flexibility index (Phi) is 6.29. The van der Waals surface area contributed by atoms with Crippen LogP contribution in [-0.2, 0) is 0 Å². The monoisotopic (exact) mass is 289 g/mol. The molecule has 0 aliphatic rings. The van der Waals surface area contributed by atoms with Crippen molar-refractivity contribution in [2.75, 3.05) is 11.6 Å². The van der Waals surface area contributed by atoms with Crippen molar-refractivity contribution >= 4 is 29.1 Å². The van der Waals surface area contributed by atoms with Crippen LogP contribution in [-0.4, -0.2) is 22.7 Å². The molecule has 0 aliphatic heterocycles. The summed E-state index contributed by atoms with van der Waals surface area (Å²) in [4.78, 5) is 11.4. The van der Waals surface area contributed by atoms with Crippen molar-refractivity contribution in [3.63, 3.8) is 0 Å². The molecule has 0 heterocycles. The van der Waals surface area contributed by atoms with Gasteiger partial charge in [0.05, 0.1) is 15.9 Å². The maximum Gasteiger partial charge on any atom is 0.324 e. The molecule has 1 aromatic rings. The van der Waals surface area contributed by atoms with E-state index in [0.29, 0.717) is 16.5 Å². The van der Waals surface area contributed by atoms with Gasteiger partial charge in [-0.25, -0.2) is 0 Å². The lowest BCUT2D eigenvalue weighted by Gasteiger charge is -2.11.